The normalized spacial score (nSPS) is 8.86. The smallest absolute Gasteiger partial charge is 0.292 e. The Morgan fingerprint density at radius 2 is 2.29 bits per heavy atom. The number of phenols is 1. The molecule has 0 saturated carbocycles. The molecule has 0 spiro atoms. The van der Waals surface area contributed by atoms with Crippen LogP contribution in [-0.4, -0.2) is 16.2 Å². The Morgan fingerprint density at radius 3 is 2.79 bits per heavy atom. The second-order valence-corrected chi connectivity index (χ2v) is 2.31. The van der Waals surface area contributed by atoms with Gasteiger partial charge in [0, 0.05) is 6.07 Å². The number of phenolic OH excluding ortho intramolecular Hbond substituents is 1. The number of benzene rings is 1. The summed E-state index contributed by atoms with van der Waals surface area (Å²) in [6.07, 6.45) is 1.41. The largest absolute Gasteiger partial charge is 0.507 e. The van der Waals surface area contributed by atoms with Gasteiger partial charge in [0.1, 0.15) is 11.5 Å². The first-order valence-corrected chi connectivity index (χ1v) is 3.52. The number of rotatable bonds is 2. The van der Waals surface area contributed by atoms with E-state index in [1.54, 1.807) is 0 Å². The van der Waals surface area contributed by atoms with Crippen LogP contribution in [0.15, 0.2) is 18.2 Å². The van der Waals surface area contributed by atoms with Crippen LogP contribution in [0.1, 0.15) is 10.4 Å². The Bertz CT molecular complexity index is 397. The summed E-state index contributed by atoms with van der Waals surface area (Å²) in [5, 5.41) is 25.7. The number of aromatic hydroxyl groups is 1. The second kappa shape index (κ2) is 4.11. The van der Waals surface area contributed by atoms with Gasteiger partial charge in [-0.05, 0) is 12.1 Å². The van der Waals surface area contributed by atoms with Gasteiger partial charge < -0.3 is 9.84 Å². The summed E-state index contributed by atoms with van der Waals surface area (Å²) >= 11 is 0. The van der Waals surface area contributed by atoms with Gasteiger partial charge in [0.25, 0.3) is 12.2 Å². The van der Waals surface area contributed by atoms with Crippen LogP contribution in [0, 0.1) is 11.5 Å². The van der Waals surface area contributed by atoms with Crippen LogP contribution in [-0.2, 0) is 0 Å². The quantitative estimate of drug-likeness (QED) is 0.358. The van der Waals surface area contributed by atoms with E-state index in [-0.39, 0.29) is 17.1 Å². The van der Waals surface area contributed by atoms with E-state index >= 15 is 0 Å². The third-order valence-electron chi connectivity index (χ3n) is 1.48. The fraction of sp³-hybridized carbons (Fsp3) is 0. The Balaban J connectivity index is 3.02. The molecule has 0 saturated heterocycles. The van der Waals surface area contributed by atoms with E-state index in [2.05, 4.69) is 4.74 Å². The molecule has 0 aliphatic rings. The van der Waals surface area contributed by atoms with Crippen molar-refractivity contribution < 1.29 is 19.8 Å². The lowest BCUT2D eigenvalue weighted by Crippen LogP contribution is -2.18. The molecule has 1 aromatic rings. The fourth-order valence-electron chi connectivity index (χ4n) is 0.880. The number of hydroxylamine groups is 1. The highest BCUT2D eigenvalue weighted by Gasteiger charge is 2.10. The fourth-order valence-corrected chi connectivity index (χ4v) is 0.880. The monoisotopic (exact) mass is 194 g/mol. The van der Waals surface area contributed by atoms with Crippen molar-refractivity contribution >= 4 is 5.91 Å². The molecule has 1 aromatic carbocycles. The predicted octanol–water partition coefficient (Wildman–Crippen LogP) is 0.371. The highest BCUT2D eigenvalue weighted by atomic mass is 16.5. The summed E-state index contributed by atoms with van der Waals surface area (Å²) in [6.45, 7) is 0. The molecule has 0 aromatic heterocycles. The molecule has 0 aliphatic heterocycles. The van der Waals surface area contributed by atoms with Gasteiger partial charge in [-0.15, -0.1) is 5.26 Å². The SMILES string of the molecule is N#COc1ccc(C(=O)NO)c(O)c1. The maximum absolute atomic E-state index is 10.9. The molecule has 1 amide bonds. The van der Waals surface area contributed by atoms with E-state index in [0.29, 0.717) is 0 Å². The number of ether oxygens (including phenoxy) is 1. The number of hydrogen-bond acceptors (Lipinski definition) is 5. The lowest BCUT2D eigenvalue weighted by Gasteiger charge is -2.02. The molecule has 0 aliphatic carbocycles. The van der Waals surface area contributed by atoms with Crippen molar-refractivity contribution in [2.75, 3.05) is 0 Å². The number of nitrogens with one attached hydrogen (secondary N) is 1. The van der Waals surface area contributed by atoms with E-state index in [1.165, 1.54) is 23.9 Å². The predicted molar refractivity (Wildman–Crippen MR) is 43.6 cm³/mol. The van der Waals surface area contributed by atoms with E-state index in [1.807, 2.05) is 0 Å². The minimum atomic E-state index is -0.842. The van der Waals surface area contributed by atoms with Gasteiger partial charge in [-0.2, -0.15) is 0 Å². The molecule has 0 atom stereocenters. The standard InChI is InChI=1S/C8H6N2O4/c9-4-14-5-1-2-6(7(11)3-5)8(12)10-13/h1-3,11,13H,(H,10,12). The number of hydrogen-bond donors (Lipinski definition) is 3. The third kappa shape index (κ3) is 1.91. The zero-order valence-electron chi connectivity index (χ0n) is 6.89. The van der Waals surface area contributed by atoms with E-state index in [4.69, 9.17) is 10.5 Å². The second-order valence-electron chi connectivity index (χ2n) is 2.31. The maximum Gasteiger partial charge on any atom is 0.292 e. The van der Waals surface area contributed by atoms with Crippen LogP contribution in [0.4, 0.5) is 0 Å². The lowest BCUT2D eigenvalue weighted by molar-refractivity contribution is 0.0703. The van der Waals surface area contributed by atoms with Gasteiger partial charge >= 0.3 is 0 Å². The first kappa shape index (κ1) is 9.83. The summed E-state index contributed by atoms with van der Waals surface area (Å²) in [6, 6.07) is 3.62. The van der Waals surface area contributed by atoms with Gasteiger partial charge in [-0.3, -0.25) is 10.0 Å². The minimum absolute atomic E-state index is 0.111. The molecule has 0 bridgehead atoms. The highest BCUT2D eigenvalue weighted by Crippen LogP contribution is 2.23. The average Bonchev–Trinajstić information content (AvgIpc) is 2.17. The summed E-state index contributed by atoms with van der Waals surface area (Å²) in [4.78, 5) is 10.9. The topological polar surface area (TPSA) is 103 Å². The Kier molecular flexibility index (Phi) is 2.89. The molecule has 1 rings (SSSR count). The van der Waals surface area contributed by atoms with Crippen LogP contribution in [0.2, 0.25) is 0 Å². The summed E-state index contributed by atoms with van der Waals surface area (Å²) < 4.78 is 4.41. The van der Waals surface area contributed by atoms with E-state index in [0.717, 1.165) is 6.07 Å². The molecule has 6 heteroatoms. The summed E-state index contributed by atoms with van der Waals surface area (Å²) in [5.74, 6) is -1.12. The van der Waals surface area contributed by atoms with Crippen molar-refractivity contribution in [2.45, 2.75) is 0 Å². The highest BCUT2D eigenvalue weighted by molar-refractivity contribution is 5.96. The Morgan fingerprint density at radius 1 is 1.57 bits per heavy atom. The van der Waals surface area contributed by atoms with Crippen molar-refractivity contribution in [1.29, 1.82) is 5.26 Å². The Hall–Kier alpha value is -2.26. The van der Waals surface area contributed by atoms with Gasteiger partial charge in [0.05, 0.1) is 5.56 Å². The third-order valence-corrected chi connectivity index (χ3v) is 1.48. The number of carbonyl (C=O) groups is 1. The summed E-state index contributed by atoms with van der Waals surface area (Å²) in [7, 11) is 0. The van der Waals surface area contributed by atoms with Crippen molar-refractivity contribution in [3.63, 3.8) is 0 Å². The molecular formula is C8H6N2O4. The number of amides is 1. The molecule has 6 nitrogen and oxygen atoms in total. The van der Waals surface area contributed by atoms with E-state index < -0.39 is 5.91 Å². The van der Waals surface area contributed by atoms with Crippen LogP contribution in [0.25, 0.3) is 0 Å². The van der Waals surface area contributed by atoms with E-state index in [9.17, 15) is 9.90 Å². The van der Waals surface area contributed by atoms with Crippen LogP contribution < -0.4 is 10.2 Å². The van der Waals surface area contributed by atoms with Gasteiger partial charge in [0.15, 0.2) is 0 Å². The van der Waals surface area contributed by atoms with Crippen molar-refractivity contribution in [3.05, 3.63) is 23.8 Å². The van der Waals surface area contributed by atoms with Gasteiger partial charge in [0.2, 0.25) is 0 Å². The average molecular weight is 194 g/mol. The molecule has 0 heterocycles. The number of nitrogens with zero attached hydrogens (tertiary/aromatic N) is 1. The van der Waals surface area contributed by atoms with Crippen molar-refractivity contribution in [2.24, 2.45) is 0 Å². The van der Waals surface area contributed by atoms with Gasteiger partial charge in [-0.25, -0.2) is 5.48 Å². The minimum Gasteiger partial charge on any atom is -0.507 e. The van der Waals surface area contributed by atoms with Crippen molar-refractivity contribution in [3.8, 4) is 17.8 Å². The zero-order chi connectivity index (χ0) is 10.6. The first-order valence-electron chi connectivity index (χ1n) is 3.52. The lowest BCUT2D eigenvalue weighted by atomic mass is 10.2. The molecular weight excluding hydrogens is 188 g/mol. The molecule has 72 valence electrons. The first-order chi connectivity index (χ1) is 6.69. The molecule has 0 fully saturated rings. The maximum atomic E-state index is 10.9. The zero-order valence-corrected chi connectivity index (χ0v) is 6.89. The molecule has 3 N–H and O–H groups in total. The van der Waals surface area contributed by atoms with Crippen LogP contribution in [0.5, 0.6) is 11.5 Å². The number of nitriles is 1. The van der Waals surface area contributed by atoms with Crippen molar-refractivity contribution in [1.82, 2.24) is 5.48 Å². The Labute approximate surface area is 78.9 Å². The molecule has 14 heavy (non-hydrogen) atoms. The molecule has 0 radical (unpaired) electrons. The number of carbonyl (C=O) groups excluding carboxylic acids is 1. The van der Waals surface area contributed by atoms with Gasteiger partial charge in [-0.1, -0.05) is 0 Å². The molecule has 0 unspecified atom stereocenters. The van der Waals surface area contributed by atoms with Crippen LogP contribution in [0.3, 0.4) is 0 Å². The van der Waals surface area contributed by atoms with Crippen LogP contribution >= 0.6 is 0 Å². The summed E-state index contributed by atoms with van der Waals surface area (Å²) in [5.41, 5.74) is 1.26.